The van der Waals surface area contributed by atoms with Crippen LogP contribution in [0.2, 0.25) is 5.28 Å². The molecule has 4 nitrogen and oxygen atoms in total. The van der Waals surface area contributed by atoms with Crippen molar-refractivity contribution in [2.24, 2.45) is 0 Å². The van der Waals surface area contributed by atoms with E-state index in [4.69, 9.17) is 11.6 Å². The van der Waals surface area contributed by atoms with E-state index in [1.165, 1.54) is 0 Å². The second-order valence-electron chi connectivity index (χ2n) is 4.41. The number of halogens is 1. The Labute approximate surface area is 121 Å². The van der Waals surface area contributed by atoms with Gasteiger partial charge in [0.25, 0.3) is 0 Å². The van der Waals surface area contributed by atoms with Crippen LogP contribution >= 0.6 is 11.6 Å². The van der Waals surface area contributed by atoms with Gasteiger partial charge in [0.2, 0.25) is 5.28 Å². The lowest BCUT2D eigenvalue weighted by Crippen LogP contribution is -2.12. The molecule has 0 spiro atoms. The minimum absolute atomic E-state index is 0.212. The second-order valence-corrected chi connectivity index (χ2v) is 4.75. The van der Waals surface area contributed by atoms with Crippen LogP contribution in [0.4, 0.5) is 11.5 Å². The van der Waals surface area contributed by atoms with Crippen LogP contribution in [-0.4, -0.2) is 22.1 Å². The van der Waals surface area contributed by atoms with Crippen LogP contribution in [0.3, 0.4) is 0 Å². The summed E-state index contributed by atoms with van der Waals surface area (Å²) >= 11 is 5.99. The number of benzene rings is 2. The van der Waals surface area contributed by atoms with Crippen LogP contribution in [0.25, 0.3) is 10.9 Å². The molecule has 0 unspecified atom stereocenters. The highest BCUT2D eigenvalue weighted by atomic mass is 35.5. The molecule has 1 N–H and O–H groups in total. The van der Waals surface area contributed by atoms with E-state index >= 15 is 0 Å². The van der Waals surface area contributed by atoms with Crippen molar-refractivity contribution in [2.45, 2.75) is 0 Å². The van der Waals surface area contributed by atoms with Gasteiger partial charge in [0.05, 0.1) is 5.52 Å². The summed E-state index contributed by atoms with van der Waals surface area (Å²) in [6.45, 7) is 0. The molecule has 0 bridgehead atoms. The predicted molar refractivity (Wildman–Crippen MR) is 80.7 cm³/mol. The van der Waals surface area contributed by atoms with Gasteiger partial charge in [0, 0.05) is 18.1 Å². The van der Waals surface area contributed by atoms with E-state index in [1.807, 2.05) is 48.3 Å². The van der Waals surface area contributed by atoms with Crippen LogP contribution in [0.1, 0.15) is 0 Å². The van der Waals surface area contributed by atoms with E-state index in [9.17, 15) is 5.11 Å². The van der Waals surface area contributed by atoms with Crippen LogP contribution in [-0.2, 0) is 0 Å². The topological polar surface area (TPSA) is 49.2 Å². The highest BCUT2D eigenvalue weighted by Gasteiger charge is 2.12. The first kappa shape index (κ1) is 12.7. The van der Waals surface area contributed by atoms with E-state index in [1.54, 1.807) is 12.1 Å². The number of para-hydroxylation sites is 1. The van der Waals surface area contributed by atoms with Crippen molar-refractivity contribution in [3.63, 3.8) is 0 Å². The monoisotopic (exact) mass is 285 g/mol. The van der Waals surface area contributed by atoms with E-state index in [0.717, 1.165) is 22.4 Å². The normalized spacial score (nSPS) is 10.7. The first-order valence-electron chi connectivity index (χ1n) is 6.10. The molecule has 20 heavy (non-hydrogen) atoms. The summed E-state index contributed by atoms with van der Waals surface area (Å²) in [5, 5.41) is 10.5. The maximum atomic E-state index is 9.36. The highest BCUT2D eigenvalue weighted by molar-refractivity contribution is 6.28. The van der Waals surface area contributed by atoms with E-state index < -0.39 is 0 Å². The molecule has 3 aromatic rings. The molecule has 0 saturated heterocycles. The molecule has 0 atom stereocenters. The number of anilines is 2. The molecular weight excluding hydrogens is 274 g/mol. The maximum Gasteiger partial charge on any atom is 0.224 e. The van der Waals surface area contributed by atoms with E-state index in [-0.39, 0.29) is 11.0 Å². The summed E-state index contributed by atoms with van der Waals surface area (Å²) in [5.74, 6) is 0.957. The molecule has 3 rings (SSSR count). The predicted octanol–water partition coefficient (Wildman–Crippen LogP) is 3.76. The Balaban J connectivity index is 2.15. The minimum Gasteiger partial charge on any atom is -0.508 e. The number of aromatic nitrogens is 2. The zero-order valence-electron chi connectivity index (χ0n) is 10.8. The summed E-state index contributed by atoms with van der Waals surface area (Å²) < 4.78 is 0. The van der Waals surface area contributed by atoms with Gasteiger partial charge in [-0.2, -0.15) is 4.98 Å². The van der Waals surface area contributed by atoms with Crippen LogP contribution in [0.15, 0.2) is 48.5 Å². The largest absolute Gasteiger partial charge is 0.508 e. The van der Waals surface area contributed by atoms with Crippen molar-refractivity contribution >= 4 is 34.0 Å². The molecule has 0 fully saturated rings. The molecule has 2 aromatic carbocycles. The fraction of sp³-hybridized carbons (Fsp3) is 0.0667. The molecule has 0 radical (unpaired) electrons. The van der Waals surface area contributed by atoms with Gasteiger partial charge >= 0.3 is 0 Å². The van der Waals surface area contributed by atoms with Gasteiger partial charge in [-0.05, 0) is 48.0 Å². The minimum atomic E-state index is 0.212. The van der Waals surface area contributed by atoms with Crippen molar-refractivity contribution in [1.29, 1.82) is 0 Å². The van der Waals surface area contributed by atoms with E-state index in [2.05, 4.69) is 9.97 Å². The Bertz CT molecular complexity index is 759. The lowest BCUT2D eigenvalue weighted by atomic mass is 10.2. The van der Waals surface area contributed by atoms with E-state index in [0.29, 0.717) is 0 Å². The Kier molecular flexibility index (Phi) is 3.16. The first-order chi connectivity index (χ1) is 9.65. The van der Waals surface area contributed by atoms with Gasteiger partial charge in [0.1, 0.15) is 11.6 Å². The number of rotatable bonds is 2. The summed E-state index contributed by atoms with van der Waals surface area (Å²) in [5.41, 5.74) is 1.70. The smallest absolute Gasteiger partial charge is 0.224 e. The van der Waals surface area contributed by atoms with Gasteiger partial charge in [-0.3, -0.25) is 0 Å². The summed E-state index contributed by atoms with van der Waals surface area (Å²) in [6, 6.07) is 14.6. The van der Waals surface area contributed by atoms with Crippen LogP contribution < -0.4 is 4.90 Å². The van der Waals surface area contributed by atoms with Crippen molar-refractivity contribution in [3.8, 4) is 5.75 Å². The molecule has 0 aliphatic rings. The van der Waals surface area contributed by atoms with Crippen LogP contribution in [0, 0.1) is 0 Å². The summed E-state index contributed by atoms with van der Waals surface area (Å²) in [7, 11) is 1.90. The molecule has 0 amide bonds. The molecule has 1 aromatic heterocycles. The van der Waals surface area contributed by atoms with Crippen LogP contribution in [0.5, 0.6) is 5.75 Å². The molecule has 0 aliphatic carbocycles. The lowest BCUT2D eigenvalue weighted by molar-refractivity contribution is 0.475. The molecule has 5 heteroatoms. The standard InChI is InChI=1S/C15H12ClN3O/c1-19(10-6-8-11(20)9-7-10)14-12-4-2-3-5-13(12)17-15(16)18-14/h2-9,20H,1H3. The van der Waals surface area contributed by atoms with Gasteiger partial charge in [0.15, 0.2) is 0 Å². The first-order valence-corrected chi connectivity index (χ1v) is 6.48. The van der Waals surface area contributed by atoms with Crippen molar-refractivity contribution in [2.75, 3.05) is 11.9 Å². The molecule has 100 valence electrons. The lowest BCUT2D eigenvalue weighted by Gasteiger charge is -2.20. The summed E-state index contributed by atoms with van der Waals surface area (Å²) in [4.78, 5) is 10.4. The Morgan fingerprint density at radius 3 is 2.45 bits per heavy atom. The number of aromatic hydroxyl groups is 1. The van der Waals surface area contributed by atoms with Crippen molar-refractivity contribution in [1.82, 2.24) is 9.97 Å². The Morgan fingerprint density at radius 2 is 1.70 bits per heavy atom. The SMILES string of the molecule is CN(c1ccc(O)cc1)c1nc(Cl)nc2ccccc12. The Hall–Kier alpha value is -2.33. The summed E-state index contributed by atoms with van der Waals surface area (Å²) in [6.07, 6.45) is 0. The molecular formula is C15H12ClN3O. The average Bonchev–Trinajstić information content (AvgIpc) is 2.46. The number of phenolic OH excluding ortho intramolecular Hbond substituents is 1. The highest BCUT2D eigenvalue weighted by Crippen LogP contribution is 2.30. The number of fused-ring (bicyclic) bond motifs is 1. The molecule has 0 saturated carbocycles. The molecule has 1 heterocycles. The number of nitrogens with zero attached hydrogens (tertiary/aromatic N) is 3. The number of phenols is 1. The number of hydrogen-bond donors (Lipinski definition) is 1. The third-order valence-electron chi connectivity index (χ3n) is 3.11. The van der Waals surface area contributed by atoms with Gasteiger partial charge in [-0.1, -0.05) is 12.1 Å². The van der Waals surface area contributed by atoms with Crippen molar-refractivity contribution < 1.29 is 5.11 Å². The average molecular weight is 286 g/mol. The third-order valence-corrected chi connectivity index (χ3v) is 3.28. The van der Waals surface area contributed by atoms with Crippen molar-refractivity contribution in [3.05, 3.63) is 53.8 Å². The third kappa shape index (κ3) is 2.26. The zero-order valence-corrected chi connectivity index (χ0v) is 11.5. The van der Waals surface area contributed by atoms with Gasteiger partial charge < -0.3 is 10.0 Å². The molecule has 0 aliphatic heterocycles. The van der Waals surface area contributed by atoms with Gasteiger partial charge in [-0.25, -0.2) is 4.98 Å². The Morgan fingerprint density at radius 1 is 1.00 bits per heavy atom. The second kappa shape index (κ2) is 4.98. The van der Waals surface area contributed by atoms with Gasteiger partial charge in [-0.15, -0.1) is 0 Å². The fourth-order valence-corrected chi connectivity index (χ4v) is 2.26. The number of hydrogen-bond acceptors (Lipinski definition) is 4. The zero-order chi connectivity index (χ0) is 14.1. The quantitative estimate of drug-likeness (QED) is 0.729. The maximum absolute atomic E-state index is 9.36. The fourth-order valence-electron chi connectivity index (χ4n) is 2.09.